The van der Waals surface area contributed by atoms with Gasteiger partial charge in [-0.3, -0.25) is 0 Å². The Labute approximate surface area is 110 Å². The van der Waals surface area contributed by atoms with Gasteiger partial charge >= 0.3 is 0 Å². The average Bonchev–Trinajstić information content (AvgIpc) is 2.73. The predicted octanol–water partition coefficient (Wildman–Crippen LogP) is 3.34. The molecule has 1 N–H and O–H groups in total. The highest BCUT2D eigenvalue weighted by Gasteiger charge is 2.16. The van der Waals surface area contributed by atoms with Crippen LogP contribution in [0.1, 0.15) is 27.2 Å². The molecule has 92 valence electrons. The molecule has 0 saturated carbocycles. The Balaban J connectivity index is 2.26. The maximum absolute atomic E-state index is 4.43. The van der Waals surface area contributed by atoms with E-state index in [-0.39, 0.29) is 5.41 Å². The molecular weight excluding hydrogens is 280 g/mol. The summed E-state index contributed by atoms with van der Waals surface area (Å²) in [5.74, 6) is 0.825. The zero-order chi connectivity index (χ0) is 12.5. The Morgan fingerprint density at radius 2 is 2.24 bits per heavy atom. The Hall–Kier alpha value is -1.10. The number of anilines is 1. The van der Waals surface area contributed by atoms with Gasteiger partial charge in [-0.2, -0.15) is 0 Å². The molecule has 0 aliphatic carbocycles. The highest BCUT2D eigenvalue weighted by Crippen LogP contribution is 2.22. The fourth-order valence-electron chi connectivity index (χ4n) is 1.47. The molecule has 0 aliphatic heterocycles. The monoisotopic (exact) mass is 296 g/mol. The van der Waals surface area contributed by atoms with E-state index >= 15 is 0 Å². The van der Waals surface area contributed by atoms with Gasteiger partial charge in [-0.05, 0) is 27.8 Å². The van der Waals surface area contributed by atoms with Gasteiger partial charge in [0.15, 0.2) is 11.5 Å². The van der Waals surface area contributed by atoms with E-state index in [9.17, 15) is 0 Å². The summed E-state index contributed by atoms with van der Waals surface area (Å²) in [6.45, 7) is 7.55. The van der Waals surface area contributed by atoms with E-state index in [0.29, 0.717) is 0 Å². The van der Waals surface area contributed by atoms with E-state index in [1.165, 1.54) is 0 Å². The molecule has 4 nitrogen and oxygen atoms in total. The largest absolute Gasteiger partial charge is 0.366 e. The van der Waals surface area contributed by atoms with E-state index in [1.807, 2.05) is 16.8 Å². The first-order valence-electron chi connectivity index (χ1n) is 5.75. The molecule has 0 atom stereocenters. The summed E-state index contributed by atoms with van der Waals surface area (Å²) in [7, 11) is 0. The zero-order valence-electron chi connectivity index (χ0n) is 10.4. The molecule has 2 heterocycles. The van der Waals surface area contributed by atoms with Crippen molar-refractivity contribution >= 4 is 27.4 Å². The molecule has 17 heavy (non-hydrogen) atoms. The molecule has 0 amide bonds. The summed E-state index contributed by atoms with van der Waals surface area (Å²) >= 11 is 3.41. The van der Waals surface area contributed by atoms with Crippen molar-refractivity contribution in [2.24, 2.45) is 5.41 Å². The predicted molar refractivity (Wildman–Crippen MR) is 73.2 cm³/mol. The molecule has 0 unspecified atom stereocenters. The molecule has 0 saturated heterocycles. The number of hydrogen-bond donors (Lipinski definition) is 1. The van der Waals surface area contributed by atoms with Crippen LogP contribution < -0.4 is 5.32 Å². The topological polar surface area (TPSA) is 42.2 Å². The number of imidazole rings is 1. The first-order valence-corrected chi connectivity index (χ1v) is 6.54. The van der Waals surface area contributed by atoms with Crippen molar-refractivity contribution in [3.05, 3.63) is 23.2 Å². The van der Waals surface area contributed by atoms with E-state index in [1.54, 1.807) is 6.20 Å². The third kappa shape index (κ3) is 2.77. The van der Waals surface area contributed by atoms with Crippen LogP contribution in [0.25, 0.3) is 5.65 Å². The van der Waals surface area contributed by atoms with E-state index in [2.05, 4.69) is 52.0 Å². The second-order valence-electron chi connectivity index (χ2n) is 4.94. The number of fused-ring (bicyclic) bond motifs is 1. The summed E-state index contributed by atoms with van der Waals surface area (Å²) in [4.78, 5) is 8.74. The lowest BCUT2D eigenvalue weighted by atomic mass is 9.90. The van der Waals surface area contributed by atoms with Crippen molar-refractivity contribution in [2.45, 2.75) is 27.2 Å². The number of rotatable bonds is 4. The zero-order valence-corrected chi connectivity index (χ0v) is 12.0. The molecule has 0 fully saturated rings. The molecule has 2 aromatic rings. The standard InChI is InChI=1S/C12H17BrN4/c1-4-12(2,3)8-15-10-11-14-5-6-17(11)7-9(13)16-10/h5-7H,4,8H2,1-3H3,(H,15,16). The van der Waals surface area contributed by atoms with Gasteiger partial charge in [0, 0.05) is 25.1 Å². The van der Waals surface area contributed by atoms with Crippen molar-refractivity contribution in [1.82, 2.24) is 14.4 Å². The van der Waals surface area contributed by atoms with Gasteiger partial charge in [-0.25, -0.2) is 9.97 Å². The van der Waals surface area contributed by atoms with Crippen LogP contribution in [0.2, 0.25) is 0 Å². The van der Waals surface area contributed by atoms with E-state index in [4.69, 9.17) is 0 Å². The van der Waals surface area contributed by atoms with Gasteiger partial charge in [0.25, 0.3) is 0 Å². The molecule has 0 radical (unpaired) electrons. The molecule has 5 heteroatoms. The quantitative estimate of drug-likeness (QED) is 0.941. The number of nitrogens with one attached hydrogen (secondary N) is 1. The number of halogens is 1. The van der Waals surface area contributed by atoms with Crippen molar-refractivity contribution in [3.63, 3.8) is 0 Å². The third-order valence-corrected chi connectivity index (χ3v) is 3.42. The van der Waals surface area contributed by atoms with Crippen molar-refractivity contribution in [3.8, 4) is 0 Å². The fraction of sp³-hybridized carbons (Fsp3) is 0.500. The Morgan fingerprint density at radius 3 is 2.94 bits per heavy atom. The van der Waals surface area contributed by atoms with Gasteiger partial charge in [0.2, 0.25) is 0 Å². The van der Waals surface area contributed by atoms with Crippen LogP contribution in [0.3, 0.4) is 0 Å². The number of nitrogens with zero attached hydrogens (tertiary/aromatic N) is 3. The van der Waals surface area contributed by atoms with Crippen LogP contribution in [-0.2, 0) is 0 Å². The summed E-state index contributed by atoms with van der Waals surface area (Å²) in [5.41, 5.74) is 1.12. The molecule has 2 aromatic heterocycles. The average molecular weight is 297 g/mol. The van der Waals surface area contributed by atoms with Crippen LogP contribution >= 0.6 is 15.9 Å². The summed E-state index contributed by atoms with van der Waals surface area (Å²) in [6.07, 6.45) is 6.72. The van der Waals surface area contributed by atoms with Crippen LogP contribution in [-0.4, -0.2) is 20.9 Å². The highest BCUT2D eigenvalue weighted by atomic mass is 79.9. The van der Waals surface area contributed by atoms with Gasteiger partial charge in [0.1, 0.15) is 4.60 Å². The Morgan fingerprint density at radius 1 is 1.47 bits per heavy atom. The first kappa shape index (κ1) is 12.4. The Kier molecular flexibility index (Phi) is 3.38. The lowest BCUT2D eigenvalue weighted by Crippen LogP contribution is -2.22. The minimum absolute atomic E-state index is 0.258. The van der Waals surface area contributed by atoms with Crippen LogP contribution in [0.5, 0.6) is 0 Å². The van der Waals surface area contributed by atoms with Gasteiger partial charge in [-0.1, -0.05) is 20.8 Å². The molecular formula is C12H17BrN4. The number of hydrogen-bond acceptors (Lipinski definition) is 3. The lowest BCUT2D eigenvalue weighted by molar-refractivity contribution is 0.376. The van der Waals surface area contributed by atoms with Crippen molar-refractivity contribution in [1.29, 1.82) is 0 Å². The maximum Gasteiger partial charge on any atom is 0.180 e. The molecule has 0 aliphatic rings. The second-order valence-corrected chi connectivity index (χ2v) is 5.75. The first-order chi connectivity index (χ1) is 8.02. The van der Waals surface area contributed by atoms with Gasteiger partial charge < -0.3 is 9.72 Å². The third-order valence-electron chi connectivity index (χ3n) is 3.04. The smallest absolute Gasteiger partial charge is 0.180 e. The van der Waals surface area contributed by atoms with Crippen LogP contribution in [0, 0.1) is 5.41 Å². The normalized spacial score (nSPS) is 12.0. The second kappa shape index (κ2) is 4.64. The van der Waals surface area contributed by atoms with Crippen molar-refractivity contribution < 1.29 is 0 Å². The summed E-state index contributed by atoms with van der Waals surface area (Å²) in [5, 5.41) is 3.38. The van der Waals surface area contributed by atoms with Gasteiger partial charge in [-0.15, -0.1) is 0 Å². The minimum Gasteiger partial charge on any atom is -0.366 e. The van der Waals surface area contributed by atoms with E-state index < -0.39 is 0 Å². The number of aromatic nitrogens is 3. The summed E-state index contributed by atoms with van der Waals surface area (Å²) < 4.78 is 2.76. The SMILES string of the molecule is CCC(C)(C)CNc1nc(Br)cn2ccnc12. The van der Waals surface area contributed by atoms with Crippen molar-refractivity contribution in [2.75, 3.05) is 11.9 Å². The fourth-order valence-corrected chi connectivity index (χ4v) is 1.87. The molecule has 0 spiro atoms. The highest BCUT2D eigenvalue weighted by molar-refractivity contribution is 9.10. The maximum atomic E-state index is 4.43. The lowest BCUT2D eigenvalue weighted by Gasteiger charge is -2.23. The molecule has 0 aromatic carbocycles. The molecule has 2 rings (SSSR count). The van der Waals surface area contributed by atoms with Crippen LogP contribution in [0.4, 0.5) is 5.82 Å². The Bertz CT molecular complexity index is 518. The minimum atomic E-state index is 0.258. The van der Waals surface area contributed by atoms with E-state index in [0.717, 1.165) is 29.0 Å². The summed E-state index contributed by atoms with van der Waals surface area (Å²) in [6, 6.07) is 0. The molecule has 0 bridgehead atoms. The van der Waals surface area contributed by atoms with Crippen LogP contribution in [0.15, 0.2) is 23.2 Å². The van der Waals surface area contributed by atoms with Gasteiger partial charge in [0.05, 0.1) is 0 Å².